The van der Waals surface area contributed by atoms with Crippen LogP contribution < -0.4 is 0 Å². The molecule has 1 N–H and O–H groups in total. The van der Waals surface area contributed by atoms with Gasteiger partial charge in [0.1, 0.15) is 0 Å². The lowest BCUT2D eigenvalue weighted by Gasteiger charge is -2.38. The summed E-state index contributed by atoms with van der Waals surface area (Å²) in [6.07, 6.45) is 8.57. The fourth-order valence-electron chi connectivity index (χ4n) is 3.42. The summed E-state index contributed by atoms with van der Waals surface area (Å²) in [7, 11) is 2.26. The van der Waals surface area contributed by atoms with Gasteiger partial charge in [0, 0.05) is 12.1 Å². The van der Waals surface area contributed by atoms with Crippen molar-refractivity contribution in [2.45, 2.75) is 70.1 Å². The zero-order valence-electron chi connectivity index (χ0n) is 10.2. The minimum absolute atomic E-state index is 0.0262. The molecule has 3 atom stereocenters. The second kappa shape index (κ2) is 4.84. The summed E-state index contributed by atoms with van der Waals surface area (Å²) in [4.78, 5) is 2.54. The van der Waals surface area contributed by atoms with Crippen LogP contribution in [0.1, 0.15) is 51.9 Å². The summed E-state index contributed by atoms with van der Waals surface area (Å²) in [5.74, 6) is 0.588. The van der Waals surface area contributed by atoms with Crippen molar-refractivity contribution in [3.8, 4) is 0 Å². The summed E-state index contributed by atoms with van der Waals surface area (Å²) >= 11 is 0. The quantitative estimate of drug-likeness (QED) is 0.772. The smallest absolute Gasteiger partial charge is 0.0569 e. The highest BCUT2D eigenvalue weighted by atomic mass is 16.3. The van der Waals surface area contributed by atoms with Gasteiger partial charge in [-0.2, -0.15) is 0 Å². The van der Waals surface area contributed by atoms with Crippen LogP contribution in [-0.4, -0.2) is 35.2 Å². The number of rotatable bonds is 4. The van der Waals surface area contributed by atoms with Crippen molar-refractivity contribution in [1.29, 1.82) is 0 Å². The average Bonchev–Trinajstić information content (AvgIpc) is 2.49. The Morgan fingerprint density at radius 3 is 2.40 bits per heavy atom. The van der Waals surface area contributed by atoms with E-state index in [0.717, 1.165) is 18.5 Å². The van der Waals surface area contributed by atoms with Gasteiger partial charge in [-0.15, -0.1) is 0 Å². The van der Waals surface area contributed by atoms with Crippen LogP contribution in [0.3, 0.4) is 0 Å². The highest BCUT2D eigenvalue weighted by molar-refractivity contribution is 4.95. The summed E-state index contributed by atoms with van der Waals surface area (Å²) in [5.41, 5.74) is 0. The van der Waals surface area contributed by atoms with E-state index in [2.05, 4.69) is 18.9 Å². The van der Waals surface area contributed by atoms with Crippen LogP contribution in [-0.2, 0) is 0 Å². The predicted octanol–water partition coefficient (Wildman–Crippen LogP) is 2.41. The number of hydrogen-bond acceptors (Lipinski definition) is 2. The molecule has 2 bridgehead atoms. The fourth-order valence-corrected chi connectivity index (χ4v) is 3.42. The summed E-state index contributed by atoms with van der Waals surface area (Å²) < 4.78 is 0. The monoisotopic (exact) mass is 211 g/mol. The number of piperidine rings is 1. The van der Waals surface area contributed by atoms with Gasteiger partial charge in [-0.25, -0.2) is 0 Å². The first kappa shape index (κ1) is 11.4. The second-order valence-corrected chi connectivity index (χ2v) is 5.49. The van der Waals surface area contributed by atoms with Crippen molar-refractivity contribution in [3.05, 3.63) is 0 Å². The summed E-state index contributed by atoms with van der Waals surface area (Å²) in [6.45, 7) is 2.20. The molecule has 2 saturated heterocycles. The van der Waals surface area contributed by atoms with Crippen LogP contribution >= 0.6 is 0 Å². The van der Waals surface area contributed by atoms with Crippen molar-refractivity contribution < 1.29 is 5.11 Å². The van der Waals surface area contributed by atoms with Crippen molar-refractivity contribution in [1.82, 2.24) is 4.90 Å². The van der Waals surface area contributed by atoms with Crippen LogP contribution in [0.15, 0.2) is 0 Å². The zero-order valence-corrected chi connectivity index (χ0v) is 10.2. The molecule has 2 fully saturated rings. The molecule has 0 radical (unpaired) electrons. The van der Waals surface area contributed by atoms with Gasteiger partial charge in [-0.05, 0) is 45.1 Å². The van der Waals surface area contributed by atoms with Crippen LogP contribution in [0.4, 0.5) is 0 Å². The average molecular weight is 211 g/mol. The molecule has 0 amide bonds. The summed E-state index contributed by atoms with van der Waals surface area (Å²) in [6, 6.07) is 1.54. The van der Waals surface area contributed by atoms with Gasteiger partial charge in [0.25, 0.3) is 0 Å². The van der Waals surface area contributed by atoms with Crippen LogP contribution in [0, 0.1) is 5.92 Å². The molecule has 0 saturated carbocycles. The lowest BCUT2D eigenvalue weighted by atomic mass is 9.85. The van der Waals surface area contributed by atoms with Crippen LogP contribution in [0.5, 0.6) is 0 Å². The van der Waals surface area contributed by atoms with E-state index < -0.39 is 0 Å². The lowest BCUT2D eigenvalue weighted by Crippen LogP contribution is -2.43. The minimum atomic E-state index is -0.0262. The van der Waals surface area contributed by atoms with E-state index in [4.69, 9.17) is 0 Å². The molecule has 15 heavy (non-hydrogen) atoms. The first-order valence-corrected chi connectivity index (χ1v) is 6.62. The third kappa shape index (κ3) is 2.36. The molecule has 2 aliphatic heterocycles. The Kier molecular flexibility index (Phi) is 3.68. The van der Waals surface area contributed by atoms with Gasteiger partial charge in [-0.1, -0.05) is 19.8 Å². The van der Waals surface area contributed by atoms with E-state index in [1.807, 2.05) is 0 Å². The number of hydrogen-bond donors (Lipinski definition) is 1. The Bertz CT molecular complexity index is 193. The molecule has 2 heterocycles. The number of aliphatic hydroxyl groups is 1. The van der Waals surface area contributed by atoms with Gasteiger partial charge in [0.05, 0.1) is 6.10 Å². The van der Waals surface area contributed by atoms with Gasteiger partial charge < -0.3 is 10.0 Å². The van der Waals surface area contributed by atoms with Gasteiger partial charge in [0.15, 0.2) is 0 Å². The van der Waals surface area contributed by atoms with E-state index >= 15 is 0 Å². The largest absolute Gasteiger partial charge is 0.393 e. The van der Waals surface area contributed by atoms with Crippen molar-refractivity contribution in [2.75, 3.05) is 7.05 Å². The third-order valence-electron chi connectivity index (χ3n) is 4.53. The zero-order chi connectivity index (χ0) is 10.8. The van der Waals surface area contributed by atoms with Crippen LogP contribution in [0.2, 0.25) is 0 Å². The number of aliphatic hydroxyl groups excluding tert-OH is 1. The lowest BCUT2D eigenvalue weighted by molar-refractivity contribution is 0.0307. The maximum atomic E-state index is 10.1. The highest BCUT2D eigenvalue weighted by Gasteiger charge is 2.40. The topological polar surface area (TPSA) is 23.5 Å². The molecule has 0 aromatic rings. The highest BCUT2D eigenvalue weighted by Crippen LogP contribution is 2.39. The minimum Gasteiger partial charge on any atom is -0.393 e. The first-order valence-electron chi connectivity index (χ1n) is 6.62. The molecule has 0 spiro atoms. The molecule has 88 valence electrons. The Morgan fingerprint density at radius 1 is 1.27 bits per heavy atom. The predicted molar refractivity (Wildman–Crippen MR) is 62.8 cm³/mol. The molecule has 2 aliphatic rings. The van der Waals surface area contributed by atoms with Gasteiger partial charge in [-0.3, -0.25) is 0 Å². The fraction of sp³-hybridized carbons (Fsp3) is 1.00. The van der Waals surface area contributed by atoms with Crippen molar-refractivity contribution in [3.63, 3.8) is 0 Å². The van der Waals surface area contributed by atoms with Crippen LogP contribution in [0.25, 0.3) is 0 Å². The molecule has 2 rings (SSSR count). The SMILES string of the molecule is CCCCC(O)C1CC2CCC(C1)N2C. The molecular weight excluding hydrogens is 186 g/mol. The Morgan fingerprint density at radius 2 is 1.87 bits per heavy atom. The van der Waals surface area contributed by atoms with Crippen molar-refractivity contribution in [2.24, 2.45) is 5.92 Å². The first-order chi connectivity index (χ1) is 7.22. The molecule has 0 aromatic heterocycles. The van der Waals surface area contributed by atoms with E-state index in [9.17, 15) is 5.11 Å². The third-order valence-corrected chi connectivity index (χ3v) is 4.53. The van der Waals surface area contributed by atoms with E-state index in [0.29, 0.717) is 5.92 Å². The van der Waals surface area contributed by atoms with E-state index in [1.54, 1.807) is 0 Å². The molecule has 0 aliphatic carbocycles. The van der Waals surface area contributed by atoms with Gasteiger partial charge >= 0.3 is 0 Å². The number of fused-ring (bicyclic) bond motifs is 2. The summed E-state index contributed by atoms with van der Waals surface area (Å²) in [5, 5.41) is 10.1. The molecule has 2 nitrogen and oxygen atoms in total. The van der Waals surface area contributed by atoms with Crippen molar-refractivity contribution >= 4 is 0 Å². The van der Waals surface area contributed by atoms with E-state index in [-0.39, 0.29) is 6.10 Å². The molecule has 0 aromatic carbocycles. The Hall–Kier alpha value is -0.0800. The van der Waals surface area contributed by atoms with Gasteiger partial charge in [0.2, 0.25) is 0 Å². The second-order valence-electron chi connectivity index (χ2n) is 5.49. The molecule has 2 heteroatoms. The number of nitrogens with zero attached hydrogens (tertiary/aromatic N) is 1. The normalized spacial score (nSPS) is 38.2. The maximum Gasteiger partial charge on any atom is 0.0569 e. The maximum absolute atomic E-state index is 10.1. The Labute approximate surface area is 93.7 Å². The standard InChI is InChI=1S/C13H25NO/c1-3-4-5-13(15)10-8-11-6-7-12(9-10)14(11)2/h10-13,15H,3-9H2,1-2H3. The molecule has 3 unspecified atom stereocenters. The number of unbranched alkanes of at least 4 members (excludes halogenated alkanes) is 1. The van der Waals surface area contributed by atoms with E-state index in [1.165, 1.54) is 38.5 Å². The Balaban J connectivity index is 1.85. The molecular formula is C13H25NO.